The fraction of sp³-hybridized carbons (Fsp3) is 0.286. The molecule has 136 valence electrons. The van der Waals surface area contributed by atoms with E-state index in [9.17, 15) is 4.79 Å². The van der Waals surface area contributed by atoms with Gasteiger partial charge in [-0.25, -0.2) is 9.97 Å². The molecule has 0 saturated heterocycles. The van der Waals surface area contributed by atoms with Crippen molar-refractivity contribution in [1.82, 2.24) is 14.9 Å². The summed E-state index contributed by atoms with van der Waals surface area (Å²) in [5.41, 5.74) is 2.47. The van der Waals surface area contributed by atoms with Crippen LogP contribution in [0, 0.1) is 11.8 Å². The number of carbonyl (C=O) groups excluding carboxylic acids is 1. The van der Waals surface area contributed by atoms with E-state index in [0.29, 0.717) is 13.1 Å². The van der Waals surface area contributed by atoms with E-state index in [4.69, 9.17) is 0 Å². The maximum absolute atomic E-state index is 12.1. The van der Waals surface area contributed by atoms with Gasteiger partial charge in [-0.1, -0.05) is 36.3 Å². The number of benzene rings is 1. The van der Waals surface area contributed by atoms with Crippen LogP contribution in [0.5, 0.6) is 0 Å². The molecule has 1 aromatic carbocycles. The van der Waals surface area contributed by atoms with Crippen molar-refractivity contribution in [3.05, 3.63) is 52.7 Å². The van der Waals surface area contributed by atoms with Crippen LogP contribution in [0.1, 0.15) is 35.9 Å². The lowest BCUT2D eigenvalue weighted by atomic mass is 10.0. The molecule has 1 aliphatic rings. The minimum Gasteiger partial charge on any atom is -0.363 e. The number of anilines is 1. The minimum absolute atomic E-state index is 0.109. The molecule has 2 aromatic heterocycles. The second-order valence-corrected chi connectivity index (χ2v) is 7.62. The fourth-order valence-corrected chi connectivity index (χ4v) is 4.63. The van der Waals surface area contributed by atoms with E-state index >= 15 is 0 Å². The van der Waals surface area contributed by atoms with Crippen molar-refractivity contribution in [3.8, 4) is 11.8 Å². The van der Waals surface area contributed by atoms with Gasteiger partial charge in [0.15, 0.2) is 0 Å². The molecule has 0 unspecified atom stereocenters. The number of thiophene rings is 1. The van der Waals surface area contributed by atoms with Gasteiger partial charge in [0.25, 0.3) is 5.91 Å². The molecular formula is C21H20N4OS. The molecule has 0 saturated carbocycles. The van der Waals surface area contributed by atoms with E-state index in [1.165, 1.54) is 16.0 Å². The Bertz CT molecular complexity index is 1050. The van der Waals surface area contributed by atoms with Crippen molar-refractivity contribution < 1.29 is 4.79 Å². The van der Waals surface area contributed by atoms with Crippen LogP contribution in [0.2, 0.25) is 0 Å². The van der Waals surface area contributed by atoms with Gasteiger partial charge in [0, 0.05) is 17.5 Å². The number of fused-ring (bicyclic) bond motifs is 3. The summed E-state index contributed by atoms with van der Waals surface area (Å²) in [6, 6.07) is 10.5. The van der Waals surface area contributed by atoms with Crippen LogP contribution in [0.15, 0.2) is 36.7 Å². The van der Waals surface area contributed by atoms with E-state index in [1.807, 2.05) is 18.2 Å². The van der Waals surface area contributed by atoms with E-state index in [0.717, 1.165) is 22.5 Å². The monoisotopic (exact) mass is 376 g/mol. The van der Waals surface area contributed by atoms with Gasteiger partial charge in [-0.05, 0) is 37.3 Å². The van der Waals surface area contributed by atoms with Gasteiger partial charge in [-0.2, -0.15) is 0 Å². The zero-order valence-electron chi connectivity index (χ0n) is 15.3. The molecule has 6 heteroatoms. The van der Waals surface area contributed by atoms with Crippen LogP contribution < -0.4 is 5.32 Å². The van der Waals surface area contributed by atoms with E-state index in [1.54, 1.807) is 29.5 Å². The average molecular weight is 376 g/mol. The van der Waals surface area contributed by atoms with Gasteiger partial charge in [0.05, 0.1) is 11.9 Å². The van der Waals surface area contributed by atoms with Crippen molar-refractivity contribution in [2.45, 2.75) is 32.9 Å². The maximum atomic E-state index is 12.1. The number of hydrogen-bond donors (Lipinski definition) is 1. The predicted octanol–water partition coefficient (Wildman–Crippen LogP) is 3.77. The highest BCUT2D eigenvalue weighted by atomic mass is 32.1. The second kappa shape index (κ2) is 7.37. The van der Waals surface area contributed by atoms with Crippen LogP contribution in [-0.4, -0.2) is 27.3 Å². The molecule has 3 aromatic rings. The Labute approximate surface area is 162 Å². The summed E-state index contributed by atoms with van der Waals surface area (Å²) in [4.78, 5) is 25.0. The SMILES string of the molecule is CC#CC(=O)N1CCc2c(sc3ncnc(N[C@H](C)c4ccccc4)c23)C1. The molecule has 0 bridgehead atoms. The number of amides is 1. The summed E-state index contributed by atoms with van der Waals surface area (Å²) >= 11 is 1.64. The lowest BCUT2D eigenvalue weighted by Crippen LogP contribution is -2.34. The van der Waals surface area contributed by atoms with Gasteiger partial charge >= 0.3 is 0 Å². The van der Waals surface area contributed by atoms with Gasteiger partial charge in [0.1, 0.15) is 17.0 Å². The maximum Gasteiger partial charge on any atom is 0.298 e. The molecule has 5 nitrogen and oxygen atoms in total. The standard InChI is InChI=1S/C21H20N4OS/c1-3-7-18(26)25-11-10-16-17(12-25)27-21-19(16)20(22-13-23-21)24-14(2)15-8-5-4-6-9-15/h4-6,8-9,13-14H,10-12H2,1-2H3,(H,22,23,24)/t14-/m1/s1. The Morgan fingerprint density at radius 1 is 1.30 bits per heavy atom. The topological polar surface area (TPSA) is 58.1 Å². The number of nitrogens with zero attached hydrogens (tertiary/aromatic N) is 3. The smallest absolute Gasteiger partial charge is 0.298 e. The minimum atomic E-state index is -0.109. The number of nitrogens with one attached hydrogen (secondary N) is 1. The summed E-state index contributed by atoms with van der Waals surface area (Å²) < 4.78 is 0. The number of aromatic nitrogens is 2. The van der Waals surface area contributed by atoms with Crippen LogP contribution in [0.25, 0.3) is 10.2 Å². The largest absolute Gasteiger partial charge is 0.363 e. The molecule has 4 rings (SSSR count). The Morgan fingerprint density at radius 3 is 2.89 bits per heavy atom. The van der Waals surface area contributed by atoms with E-state index in [2.05, 4.69) is 46.2 Å². The van der Waals surface area contributed by atoms with Crippen LogP contribution >= 0.6 is 11.3 Å². The first-order chi connectivity index (χ1) is 13.2. The Hall–Kier alpha value is -2.91. The summed E-state index contributed by atoms with van der Waals surface area (Å²) in [6.07, 6.45) is 2.41. The van der Waals surface area contributed by atoms with Crippen molar-refractivity contribution in [3.63, 3.8) is 0 Å². The van der Waals surface area contributed by atoms with Crippen molar-refractivity contribution >= 4 is 33.3 Å². The first-order valence-corrected chi connectivity index (χ1v) is 9.77. The van der Waals surface area contributed by atoms with E-state index in [-0.39, 0.29) is 11.9 Å². The van der Waals surface area contributed by atoms with Crippen LogP contribution in [0.4, 0.5) is 5.82 Å². The molecule has 0 radical (unpaired) electrons. The zero-order valence-corrected chi connectivity index (χ0v) is 16.1. The van der Waals surface area contributed by atoms with Gasteiger partial charge in [-0.3, -0.25) is 4.79 Å². The Kier molecular flexibility index (Phi) is 4.78. The van der Waals surface area contributed by atoms with Crippen molar-refractivity contribution in [1.29, 1.82) is 0 Å². The number of carbonyl (C=O) groups is 1. The highest BCUT2D eigenvalue weighted by Crippen LogP contribution is 2.38. The lowest BCUT2D eigenvalue weighted by Gasteiger charge is -2.25. The molecular weight excluding hydrogens is 356 g/mol. The molecule has 1 aliphatic heterocycles. The highest BCUT2D eigenvalue weighted by Gasteiger charge is 2.26. The third-order valence-electron chi connectivity index (χ3n) is 4.81. The molecule has 0 aliphatic carbocycles. The Morgan fingerprint density at radius 2 is 2.11 bits per heavy atom. The van der Waals surface area contributed by atoms with E-state index < -0.39 is 0 Å². The zero-order chi connectivity index (χ0) is 18.8. The third kappa shape index (κ3) is 3.38. The highest BCUT2D eigenvalue weighted by molar-refractivity contribution is 7.19. The van der Waals surface area contributed by atoms with Crippen molar-refractivity contribution in [2.75, 3.05) is 11.9 Å². The normalized spacial score (nSPS) is 14.2. The van der Waals surface area contributed by atoms with Gasteiger partial charge in [-0.15, -0.1) is 11.3 Å². The molecule has 1 amide bonds. The lowest BCUT2D eigenvalue weighted by molar-refractivity contribution is -0.125. The summed E-state index contributed by atoms with van der Waals surface area (Å²) in [5, 5.41) is 4.64. The van der Waals surface area contributed by atoms with Gasteiger partial charge in [0.2, 0.25) is 0 Å². The number of rotatable bonds is 3. The van der Waals surface area contributed by atoms with Crippen LogP contribution in [0.3, 0.4) is 0 Å². The molecule has 27 heavy (non-hydrogen) atoms. The molecule has 1 atom stereocenters. The molecule has 0 spiro atoms. The Balaban J connectivity index is 1.66. The second-order valence-electron chi connectivity index (χ2n) is 6.53. The fourth-order valence-electron chi connectivity index (χ4n) is 3.43. The van der Waals surface area contributed by atoms with Crippen LogP contribution in [-0.2, 0) is 17.8 Å². The summed E-state index contributed by atoms with van der Waals surface area (Å²) in [5.74, 6) is 6.08. The quantitative estimate of drug-likeness (QED) is 0.707. The molecule has 1 N–H and O–H groups in total. The molecule has 0 fully saturated rings. The van der Waals surface area contributed by atoms with Crippen molar-refractivity contribution in [2.24, 2.45) is 0 Å². The molecule has 3 heterocycles. The number of hydrogen-bond acceptors (Lipinski definition) is 5. The summed E-state index contributed by atoms with van der Waals surface area (Å²) in [6.45, 7) is 5.09. The summed E-state index contributed by atoms with van der Waals surface area (Å²) in [7, 11) is 0. The third-order valence-corrected chi connectivity index (χ3v) is 5.93. The first kappa shape index (κ1) is 17.5. The van der Waals surface area contributed by atoms with Gasteiger partial charge < -0.3 is 10.2 Å². The predicted molar refractivity (Wildman–Crippen MR) is 108 cm³/mol. The average Bonchev–Trinajstić information content (AvgIpc) is 3.07. The first-order valence-electron chi connectivity index (χ1n) is 8.95.